The number of sulfone groups is 1. The Morgan fingerprint density at radius 2 is 1.82 bits per heavy atom. The first kappa shape index (κ1) is 17.7. The van der Waals surface area contributed by atoms with Gasteiger partial charge in [0.1, 0.15) is 9.84 Å². The smallest absolute Gasteiger partial charge is 0.355 e. The summed E-state index contributed by atoms with van der Waals surface area (Å²) in [7, 11) is -3.52. The van der Waals surface area contributed by atoms with Crippen LogP contribution >= 0.6 is 0 Å². The van der Waals surface area contributed by atoms with Crippen LogP contribution in [-0.4, -0.2) is 18.7 Å². The van der Waals surface area contributed by atoms with E-state index in [1.54, 1.807) is 12.1 Å². The van der Waals surface area contributed by atoms with Crippen molar-refractivity contribution in [1.29, 1.82) is 0 Å². The number of pyridine rings is 1. The molecule has 0 aliphatic carbocycles. The average Bonchev–Trinajstić information content (AvgIpc) is 2.16. The van der Waals surface area contributed by atoms with Crippen molar-refractivity contribution in [2.24, 2.45) is 0 Å². The summed E-state index contributed by atoms with van der Waals surface area (Å²) in [6.45, 7) is 12.8. The monoisotopic (exact) mass is 278 g/mol. The van der Waals surface area contributed by atoms with Crippen LogP contribution < -0.4 is 51.4 Å². The van der Waals surface area contributed by atoms with E-state index in [0.717, 1.165) is 0 Å². The van der Waals surface area contributed by atoms with Crippen molar-refractivity contribution < 1.29 is 59.8 Å². The molecular formula is C12H17KNO2S-. The zero-order chi connectivity index (χ0) is 12.6. The van der Waals surface area contributed by atoms with Gasteiger partial charge in [-0.3, -0.25) is 0 Å². The van der Waals surface area contributed by atoms with Gasteiger partial charge in [0, 0.05) is 6.20 Å². The molecule has 3 nitrogen and oxygen atoms in total. The van der Waals surface area contributed by atoms with E-state index in [9.17, 15) is 8.42 Å². The maximum atomic E-state index is 12.0. The van der Waals surface area contributed by atoms with Crippen molar-refractivity contribution in [1.82, 2.24) is 4.98 Å². The van der Waals surface area contributed by atoms with E-state index in [2.05, 4.69) is 18.8 Å². The third-order valence-electron chi connectivity index (χ3n) is 2.29. The Bertz CT molecular complexity index is 476. The molecule has 0 aromatic carbocycles. The maximum absolute atomic E-state index is 12.0. The number of hydrogen-bond acceptors (Lipinski definition) is 3. The Labute approximate surface area is 147 Å². The Morgan fingerprint density at radius 1 is 1.29 bits per heavy atom. The van der Waals surface area contributed by atoms with Crippen LogP contribution in [0, 0.1) is 13.8 Å². The first-order valence-corrected chi connectivity index (χ1v) is 6.57. The molecule has 0 bridgehead atoms. The fraction of sp³-hybridized carbons (Fsp3) is 0.417. The van der Waals surface area contributed by atoms with Crippen LogP contribution in [0.5, 0.6) is 0 Å². The molecule has 0 atom stereocenters. The molecule has 90 valence electrons. The second kappa shape index (κ2) is 6.26. The maximum Gasteiger partial charge on any atom is 1.00 e. The Morgan fingerprint density at radius 3 is 2.24 bits per heavy atom. The second-order valence-electron chi connectivity index (χ2n) is 4.77. The van der Waals surface area contributed by atoms with E-state index < -0.39 is 15.1 Å². The van der Waals surface area contributed by atoms with Gasteiger partial charge in [-0.25, -0.2) is 13.4 Å². The van der Waals surface area contributed by atoms with E-state index in [-0.39, 0.29) is 61.8 Å². The van der Waals surface area contributed by atoms with Crippen molar-refractivity contribution >= 4 is 9.84 Å². The van der Waals surface area contributed by atoms with Gasteiger partial charge in [-0.15, -0.1) is 0 Å². The van der Waals surface area contributed by atoms with Crippen LogP contribution in [0.15, 0.2) is 23.4 Å². The average molecular weight is 278 g/mol. The molecule has 1 aromatic rings. The van der Waals surface area contributed by atoms with Crippen molar-refractivity contribution in [3.05, 3.63) is 37.7 Å². The fourth-order valence-corrected chi connectivity index (χ4v) is 2.55. The molecule has 0 fully saturated rings. The predicted octanol–water partition coefficient (Wildman–Crippen LogP) is -0.806. The molecule has 0 spiro atoms. The van der Waals surface area contributed by atoms with Crippen LogP contribution in [0.2, 0.25) is 0 Å². The van der Waals surface area contributed by atoms with Gasteiger partial charge in [0.05, 0.1) is 0 Å². The molecule has 0 aliphatic rings. The first-order valence-electron chi connectivity index (χ1n) is 5.03. The summed E-state index contributed by atoms with van der Waals surface area (Å²) < 4.78 is 24.0. The van der Waals surface area contributed by atoms with Gasteiger partial charge in [-0.1, -0.05) is 26.8 Å². The van der Waals surface area contributed by atoms with Crippen LogP contribution in [0.3, 0.4) is 0 Å². The van der Waals surface area contributed by atoms with Crippen molar-refractivity contribution in [2.75, 3.05) is 0 Å². The third kappa shape index (κ3) is 4.11. The Hall–Kier alpha value is 0.736. The summed E-state index contributed by atoms with van der Waals surface area (Å²) in [6.07, 6.45) is 1.48. The van der Waals surface area contributed by atoms with E-state index in [1.165, 1.54) is 6.20 Å². The van der Waals surface area contributed by atoms with Gasteiger partial charge in [0.25, 0.3) is 0 Å². The Balaban J connectivity index is 0.00000256. The van der Waals surface area contributed by atoms with Crippen molar-refractivity contribution in [3.63, 3.8) is 0 Å². The largest absolute Gasteiger partial charge is 1.00 e. The molecule has 0 aliphatic heterocycles. The number of rotatable bonds is 2. The van der Waals surface area contributed by atoms with Crippen LogP contribution in [-0.2, 0) is 15.3 Å². The summed E-state index contributed by atoms with van der Waals surface area (Å²) in [5.41, 5.74) is 0.429. The summed E-state index contributed by atoms with van der Waals surface area (Å²) in [4.78, 5) is 3.97. The zero-order valence-corrected chi connectivity index (χ0v) is 14.8. The van der Waals surface area contributed by atoms with E-state index in [1.807, 2.05) is 20.8 Å². The predicted molar refractivity (Wildman–Crippen MR) is 64.6 cm³/mol. The SMILES string of the molecule is [CH2-]C([CH2-])S(=O)(=O)c1ncccc1C(C)(C)C.[K+]. The number of hydrogen-bond donors (Lipinski definition) is 0. The number of nitrogens with zero attached hydrogens (tertiary/aromatic N) is 1. The van der Waals surface area contributed by atoms with Crippen molar-refractivity contribution in [2.45, 2.75) is 36.5 Å². The van der Waals surface area contributed by atoms with Gasteiger partial charge in [-0.2, -0.15) is 5.25 Å². The van der Waals surface area contributed by atoms with Crippen LogP contribution in [0.4, 0.5) is 0 Å². The molecule has 17 heavy (non-hydrogen) atoms. The van der Waals surface area contributed by atoms with Gasteiger partial charge in [0.2, 0.25) is 0 Å². The van der Waals surface area contributed by atoms with Gasteiger partial charge < -0.3 is 13.8 Å². The third-order valence-corrected chi connectivity index (χ3v) is 4.03. The van der Waals surface area contributed by atoms with Crippen LogP contribution in [0.1, 0.15) is 26.3 Å². The Kier molecular flexibility index (Phi) is 6.53. The molecule has 1 rings (SSSR count). The summed E-state index contributed by atoms with van der Waals surface area (Å²) >= 11 is 0. The minimum atomic E-state index is -3.52. The molecule has 1 heterocycles. The molecule has 0 unspecified atom stereocenters. The zero-order valence-electron chi connectivity index (χ0n) is 10.9. The normalized spacial score (nSPS) is 12.4. The fourth-order valence-electron chi connectivity index (χ4n) is 1.35. The molecule has 5 heteroatoms. The molecule has 0 radical (unpaired) electrons. The molecule has 0 N–H and O–H groups in total. The van der Waals surface area contributed by atoms with E-state index in [0.29, 0.717) is 5.56 Å². The first-order chi connectivity index (χ1) is 7.17. The second-order valence-corrected chi connectivity index (χ2v) is 6.92. The molecule has 0 saturated carbocycles. The van der Waals surface area contributed by atoms with Gasteiger partial charge in [-0.05, 0) is 17.0 Å². The summed E-state index contributed by atoms with van der Waals surface area (Å²) in [5.74, 6) is 0. The number of aromatic nitrogens is 1. The quantitative estimate of drug-likeness (QED) is 0.525. The van der Waals surface area contributed by atoms with Gasteiger partial charge in [0.15, 0.2) is 5.03 Å². The molecular weight excluding hydrogens is 261 g/mol. The molecule has 1 aromatic heterocycles. The summed E-state index contributed by atoms with van der Waals surface area (Å²) in [5, 5.41) is -0.846. The summed E-state index contributed by atoms with van der Waals surface area (Å²) in [6, 6.07) is 3.52. The van der Waals surface area contributed by atoms with E-state index >= 15 is 0 Å². The minimum absolute atomic E-state index is 0. The standard InChI is InChI=1S/C12H17NO2S.K/c1-9(2)16(14,15)11-10(12(3,4)5)7-6-8-13-11;/h6-9H,1-2H2,3-5H3;/q-2;+1. The van der Waals surface area contributed by atoms with Crippen LogP contribution in [0.25, 0.3) is 0 Å². The van der Waals surface area contributed by atoms with E-state index in [4.69, 9.17) is 0 Å². The topological polar surface area (TPSA) is 47.0 Å². The minimum Gasteiger partial charge on any atom is -0.355 e. The van der Waals surface area contributed by atoms with Gasteiger partial charge >= 0.3 is 51.4 Å². The molecule has 0 saturated heterocycles. The van der Waals surface area contributed by atoms with Crippen molar-refractivity contribution in [3.8, 4) is 0 Å². The molecule has 0 amide bonds.